The Kier molecular flexibility index (Phi) is 5.81. The maximum atomic E-state index is 12.8. The average Bonchev–Trinajstić information content (AvgIpc) is 2.83. The van der Waals surface area contributed by atoms with Crippen LogP contribution in [0.25, 0.3) is 22.3 Å². The molecule has 0 aliphatic rings. The van der Waals surface area contributed by atoms with E-state index >= 15 is 0 Å². The summed E-state index contributed by atoms with van der Waals surface area (Å²) in [5.41, 5.74) is 1.66. The van der Waals surface area contributed by atoms with Gasteiger partial charge < -0.3 is 23.9 Å². The van der Waals surface area contributed by atoms with Gasteiger partial charge in [0.05, 0.1) is 32.3 Å². The third-order valence-electron chi connectivity index (χ3n) is 4.97. The molecule has 0 aliphatic heterocycles. The lowest BCUT2D eigenvalue weighted by atomic mass is 10.1. The number of hydrogen-bond donors (Lipinski definition) is 1. The molecule has 1 aromatic heterocycles. The number of rotatable bonds is 6. The number of ether oxygens (including phenoxy) is 3. The molecule has 1 heterocycles. The van der Waals surface area contributed by atoms with Crippen molar-refractivity contribution in [3.63, 3.8) is 0 Å². The van der Waals surface area contributed by atoms with Gasteiger partial charge in [-0.1, -0.05) is 12.1 Å². The number of nitrogens with one attached hydrogen (secondary N) is 1. The zero-order valence-electron chi connectivity index (χ0n) is 17.8. The standard InChI is InChI=1S/C25H21NO6/c1-29-17-10-15(11-18(13-17)30-2)25(28)26-16-8-9-19-21(27)14-24(32-23(19)12-16)20-6-4-5-7-22(20)31-3/h4-14H,1-3H3,(H,26,28). The molecule has 0 saturated carbocycles. The third kappa shape index (κ3) is 4.13. The van der Waals surface area contributed by atoms with Gasteiger partial charge in [0, 0.05) is 29.4 Å². The second-order valence-corrected chi connectivity index (χ2v) is 6.94. The predicted molar refractivity (Wildman–Crippen MR) is 122 cm³/mol. The Morgan fingerprint density at radius 1 is 0.844 bits per heavy atom. The molecule has 0 aliphatic carbocycles. The van der Waals surface area contributed by atoms with Crippen molar-refractivity contribution in [2.24, 2.45) is 0 Å². The quantitative estimate of drug-likeness (QED) is 0.475. The average molecular weight is 431 g/mol. The smallest absolute Gasteiger partial charge is 0.255 e. The monoisotopic (exact) mass is 431 g/mol. The van der Waals surface area contributed by atoms with Crippen molar-refractivity contribution in [3.8, 4) is 28.6 Å². The van der Waals surface area contributed by atoms with Crippen LogP contribution in [0.2, 0.25) is 0 Å². The lowest BCUT2D eigenvalue weighted by Gasteiger charge is -2.11. The Labute approximate surface area is 184 Å². The Bertz CT molecular complexity index is 1340. The first kappa shape index (κ1) is 21.0. The Morgan fingerprint density at radius 2 is 1.56 bits per heavy atom. The molecule has 7 nitrogen and oxygen atoms in total. The van der Waals surface area contributed by atoms with E-state index in [4.69, 9.17) is 18.6 Å². The van der Waals surface area contributed by atoms with E-state index in [1.54, 1.807) is 49.6 Å². The van der Waals surface area contributed by atoms with Crippen LogP contribution in [0.3, 0.4) is 0 Å². The minimum atomic E-state index is -0.357. The molecule has 0 spiro atoms. The zero-order valence-corrected chi connectivity index (χ0v) is 17.8. The molecule has 0 unspecified atom stereocenters. The van der Waals surface area contributed by atoms with Crippen LogP contribution < -0.4 is 25.0 Å². The van der Waals surface area contributed by atoms with Gasteiger partial charge in [-0.2, -0.15) is 0 Å². The second-order valence-electron chi connectivity index (χ2n) is 6.94. The van der Waals surface area contributed by atoms with Gasteiger partial charge in [0.2, 0.25) is 0 Å². The summed E-state index contributed by atoms with van der Waals surface area (Å²) in [4.78, 5) is 25.4. The van der Waals surface area contributed by atoms with Crippen LogP contribution >= 0.6 is 0 Å². The number of anilines is 1. The number of methoxy groups -OCH3 is 3. The molecule has 0 saturated heterocycles. The van der Waals surface area contributed by atoms with Crippen molar-refractivity contribution in [2.75, 3.05) is 26.6 Å². The van der Waals surface area contributed by atoms with E-state index in [1.165, 1.54) is 20.3 Å². The van der Waals surface area contributed by atoms with Crippen LogP contribution in [0.5, 0.6) is 17.2 Å². The Hall–Kier alpha value is -4.26. The topological polar surface area (TPSA) is 87.0 Å². The first-order chi connectivity index (χ1) is 15.5. The highest BCUT2D eigenvalue weighted by atomic mass is 16.5. The van der Waals surface area contributed by atoms with E-state index in [0.29, 0.717) is 50.8 Å². The van der Waals surface area contributed by atoms with Gasteiger partial charge in [-0.15, -0.1) is 0 Å². The summed E-state index contributed by atoms with van der Waals surface area (Å²) >= 11 is 0. The lowest BCUT2D eigenvalue weighted by Crippen LogP contribution is -2.12. The van der Waals surface area contributed by atoms with Crippen molar-refractivity contribution in [2.45, 2.75) is 0 Å². The van der Waals surface area contributed by atoms with Crippen molar-refractivity contribution in [1.82, 2.24) is 0 Å². The van der Waals surface area contributed by atoms with Gasteiger partial charge >= 0.3 is 0 Å². The highest BCUT2D eigenvalue weighted by Crippen LogP contribution is 2.31. The summed E-state index contributed by atoms with van der Waals surface area (Å²) < 4.78 is 21.8. The minimum Gasteiger partial charge on any atom is -0.497 e. The second kappa shape index (κ2) is 8.85. The highest BCUT2D eigenvalue weighted by Gasteiger charge is 2.14. The Morgan fingerprint density at radius 3 is 2.25 bits per heavy atom. The molecule has 0 bridgehead atoms. The van der Waals surface area contributed by atoms with E-state index in [9.17, 15) is 9.59 Å². The van der Waals surface area contributed by atoms with Gasteiger partial charge in [-0.25, -0.2) is 0 Å². The fraction of sp³-hybridized carbons (Fsp3) is 0.120. The van der Waals surface area contributed by atoms with E-state index in [1.807, 2.05) is 18.2 Å². The number of hydrogen-bond acceptors (Lipinski definition) is 6. The molecule has 7 heteroatoms. The Balaban J connectivity index is 1.70. The molecule has 32 heavy (non-hydrogen) atoms. The van der Waals surface area contributed by atoms with Crippen LogP contribution in [-0.4, -0.2) is 27.2 Å². The third-order valence-corrected chi connectivity index (χ3v) is 4.97. The van der Waals surface area contributed by atoms with E-state index < -0.39 is 0 Å². The number of para-hydroxylation sites is 1. The van der Waals surface area contributed by atoms with Crippen LogP contribution in [0, 0.1) is 0 Å². The molecule has 1 N–H and O–H groups in total. The van der Waals surface area contributed by atoms with Crippen LogP contribution in [-0.2, 0) is 0 Å². The van der Waals surface area contributed by atoms with Crippen molar-refractivity contribution >= 4 is 22.6 Å². The minimum absolute atomic E-state index is 0.192. The predicted octanol–water partition coefficient (Wildman–Crippen LogP) is 4.74. The molecule has 0 fully saturated rings. The number of amides is 1. The number of carbonyl (C=O) groups excluding carboxylic acids is 1. The number of carbonyl (C=O) groups is 1. The SMILES string of the molecule is COc1cc(OC)cc(C(=O)Nc2ccc3c(=O)cc(-c4ccccc4OC)oc3c2)c1. The van der Waals surface area contributed by atoms with Crippen molar-refractivity contribution < 1.29 is 23.4 Å². The van der Waals surface area contributed by atoms with E-state index in [2.05, 4.69) is 5.32 Å². The molecule has 0 radical (unpaired) electrons. The van der Waals surface area contributed by atoms with Gasteiger partial charge in [0.15, 0.2) is 5.43 Å². The largest absolute Gasteiger partial charge is 0.497 e. The maximum Gasteiger partial charge on any atom is 0.255 e. The summed E-state index contributed by atoms with van der Waals surface area (Å²) in [5.74, 6) is 1.61. The highest BCUT2D eigenvalue weighted by molar-refractivity contribution is 6.05. The summed E-state index contributed by atoms with van der Waals surface area (Å²) in [5, 5.41) is 3.22. The summed E-state index contributed by atoms with van der Waals surface area (Å²) in [6, 6.07) is 18.5. The fourth-order valence-electron chi connectivity index (χ4n) is 3.36. The van der Waals surface area contributed by atoms with Gasteiger partial charge in [-0.05, 0) is 36.4 Å². The first-order valence-electron chi connectivity index (χ1n) is 9.78. The normalized spacial score (nSPS) is 10.6. The number of fused-ring (bicyclic) bond motifs is 1. The molecular weight excluding hydrogens is 410 g/mol. The molecule has 3 aromatic carbocycles. The number of benzene rings is 3. The zero-order chi connectivity index (χ0) is 22.7. The van der Waals surface area contributed by atoms with Gasteiger partial charge in [0.25, 0.3) is 5.91 Å². The molecule has 0 atom stereocenters. The van der Waals surface area contributed by atoms with Gasteiger partial charge in [0.1, 0.15) is 28.6 Å². The molecule has 4 aromatic rings. The summed E-state index contributed by atoms with van der Waals surface area (Å²) in [7, 11) is 4.58. The molecular formula is C25H21NO6. The molecule has 162 valence electrons. The van der Waals surface area contributed by atoms with Crippen molar-refractivity contribution in [3.05, 3.63) is 82.5 Å². The van der Waals surface area contributed by atoms with Gasteiger partial charge in [-0.3, -0.25) is 9.59 Å². The maximum absolute atomic E-state index is 12.8. The first-order valence-corrected chi connectivity index (χ1v) is 9.78. The fourth-order valence-corrected chi connectivity index (χ4v) is 3.36. The lowest BCUT2D eigenvalue weighted by molar-refractivity contribution is 0.102. The van der Waals surface area contributed by atoms with E-state index in [-0.39, 0.29) is 11.3 Å². The molecule has 1 amide bonds. The van der Waals surface area contributed by atoms with Crippen LogP contribution in [0.1, 0.15) is 10.4 Å². The van der Waals surface area contributed by atoms with Crippen LogP contribution in [0.4, 0.5) is 5.69 Å². The van der Waals surface area contributed by atoms with Crippen LogP contribution in [0.15, 0.2) is 75.9 Å². The molecule has 4 rings (SSSR count). The summed E-state index contributed by atoms with van der Waals surface area (Å²) in [6.45, 7) is 0. The van der Waals surface area contributed by atoms with E-state index in [0.717, 1.165) is 0 Å². The van der Waals surface area contributed by atoms with Crippen molar-refractivity contribution in [1.29, 1.82) is 0 Å². The summed E-state index contributed by atoms with van der Waals surface area (Å²) in [6.07, 6.45) is 0.